The number of hydrogen-bond donors (Lipinski definition) is 2. The van der Waals surface area contributed by atoms with Gasteiger partial charge in [-0.2, -0.15) is 0 Å². The van der Waals surface area contributed by atoms with Crippen molar-refractivity contribution < 1.29 is 19.1 Å². The van der Waals surface area contributed by atoms with E-state index in [1.165, 1.54) is 23.5 Å². The largest absolute Gasteiger partial charge is 0.481 e. The van der Waals surface area contributed by atoms with Gasteiger partial charge in [-0.3, -0.25) is 9.59 Å². The van der Waals surface area contributed by atoms with Crippen LogP contribution in [0.3, 0.4) is 0 Å². The first-order chi connectivity index (χ1) is 11.9. The fourth-order valence-corrected chi connectivity index (χ4v) is 4.03. The summed E-state index contributed by atoms with van der Waals surface area (Å²) < 4.78 is 13.0. The second-order valence-electron chi connectivity index (χ2n) is 6.30. The summed E-state index contributed by atoms with van der Waals surface area (Å²) in [7, 11) is 0. The van der Waals surface area contributed by atoms with Crippen LogP contribution in [0.15, 0.2) is 24.3 Å². The molecule has 25 heavy (non-hydrogen) atoms. The van der Waals surface area contributed by atoms with Crippen LogP contribution in [0.4, 0.5) is 4.39 Å². The zero-order chi connectivity index (χ0) is 18.0. The molecule has 0 saturated heterocycles. The fraction of sp³-hybridized carbons (Fsp3) is 0.389. The predicted octanol–water partition coefficient (Wildman–Crippen LogP) is 3.63. The molecule has 0 aliphatic heterocycles. The second kappa shape index (κ2) is 7.31. The summed E-state index contributed by atoms with van der Waals surface area (Å²) in [4.78, 5) is 28.5. The van der Waals surface area contributed by atoms with Crippen LogP contribution in [0.2, 0.25) is 0 Å². The van der Waals surface area contributed by atoms with Crippen LogP contribution >= 0.6 is 11.3 Å². The number of halogens is 1. The fourth-order valence-electron chi connectivity index (χ4n) is 3.06. The Morgan fingerprint density at radius 1 is 1.20 bits per heavy atom. The molecule has 132 valence electrons. The van der Waals surface area contributed by atoms with Gasteiger partial charge in [-0.1, -0.05) is 0 Å². The van der Waals surface area contributed by atoms with Crippen molar-refractivity contribution in [1.82, 2.24) is 10.3 Å². The van der Waals surface area contributed by atoms with Gasteiger partial charge in [-0.25, -0.2) is 9.37 Å². The number of carbonyl (C=O) groups is 2. The van der Waals surface area contributed by atoms with Crippen LogP contribution in [0.1, 0.15) is 41.0 Å². The van der Waals surface area contributed by atoms with E-state index < -0.39 is 5.97 Å². The molecular weight excluding hydrogens is 343 g/mol. The highest BCUT2D eigenvalue weighted by molar-refractivity contribution is 7.17. The Morgan fingerprint density at radius 2 is 1.84 bits per heavy atom. The molecule has 1 aromatic carbocycles. The number of carboxylic acids is 1. The van der Waals surface area contributed by atoms with E-state index in [-0.39, 0.29) is 23.7 Å². The van der Waals surface area contributed by atoms with Crippen LogP contribution in [0.5, 0.6) is 0 Å². The standard InChI is InChI=1S/C18H19FN2O3S/c1-10-15(25-17(20-10)11-2-6-13(19)7-3-11)16(22)21-14-8-4-12(5-9-14)18(23)24/h2-3,6-7,12,14H,4-5,8-9H2,1H3,(H,21,22)(H,23,24). The maximum absolute atomic E-state index is 13.0. The Morgan fingerprint density at radius 3 is 2.44 bits per heavy atom. The molecule has 0 spiro atoms. The number of carboxylic acid groups (broad SMARTS) is 1. The Kier molecular flexibility index (Phi) is 5.13. The molecule has 1 aromatic heterocycles. The van der Waals surface area contributed by atoms with Gasteiger partial charge in [0.1, 0.15) is 15.7 Å². The smallest absolute Gasteiger partial charge is 0.306 e. The first-order valence-corrected chi connectivity index (χ1v) is 9.02. The molecule has 1 fully saturated rings. The number of benzene rings is 1. The molecule has 0 radical (unpaired) electrons. The third-order valence-electron chi connectivity index (χ3n) is 4.51. The highest BCUT2D eigenvalue weighted by Crippen LogP contribution is 2.29. The number of aromatic nitrogens is 1. The number of hydrogen-bond acceptors (Lipinski definition) is 4. The van der Waals surface area contributed by atoms with Crippen molar-refractivity contribution in [3.05, 3.63) is 40.7 Å². The Hall–Kier alpha value is -2.28. The van der Waals surface area contributed by atoms with Gasteiger partial charge in [0.25, 0.3) is 5.91 Å². The van der Waals surface area contributed by atoms with Crippen molar-refractivity contribution in [3.63, 3.8) is 0 Å². The monoisotopic (exact) mass is 362 g/mol. The number of carbonyl (C=O) groups excluding carboxylic acids is 1. The zero-order valence-electron chi connectivity index (χ0n) is 13.8. The van der Waals surface area contributed by atoms with Crippen molar-refractivity contribution in [2.45, 2.75) is 38.6 Å². The molecule has 7 heteroatoms. The summed E-state index contributed by atoms with van der Waals surface area (Å²) in [5.41, 5.74) is 1.41. The summed E-state index contributed by atoms with van der Waals surface area (Å²) in [6, 6.07) is 6.02. The summed E-state index contributed by atoms with van der Waals surface area (Å²) in [6.07, 6.45) is 2.52. The lowest BCUT2D eigenvalue weighted by molar-refractivity contribution is -0.142. The minimum atomic E-state index is -0.757. The van der Waals surface area contributed by atoms with E-state index in [1.807, 2.05) is 0 Å². The Bertz CT molecular complexity index is 780. The number of nitrogens with zero attached hydrogens (tertiary/aromatic N) is 1. The SMILES string of the molecule is Cc1nc(-c2ccc(F)cc2)sc1C(=O)NC1CCC(C(=O)O)CC1. The molecule has 1 saturated carbocycles. The topological polar surface area (TPSA) is 79.3 Å². The van der Waals surface area contributed by atoms with Gasteiger partial charge in [0.15, 0.2) is 0 Å². The number of rotatable bonds is 4. The molecule has 2 aromatic rings. The quantitative estimate of drug-likeness (QED) is 0.870. The molecule has 1 amide bonds. The van der Waals surface area contributed by atoms with Crippen LogP contribution < -0.4 is 5.32 Å². The van der Waals surface area contributed by atoms with Gasteiger partial charge in [-0.05, 0) is 56.9 Å². The highest BCUT2D eigenvalue weighted by Gasteiger charge is 2.27. The van der Waals surface area contributed by atoms with Crippen molar-refractivity contribution in [3.8, 4) is 10.6 Å². The molecule has 1 heterocycles. The van der Waals surface area contributed by atoms with Crippen LogP contribution in [-0.4, -0.2) is 28.0 Å². The molecule has 0 unspecified atom stereocenters. The second-order valence-corrected chi connectivity index (χ2v) is 7.30. The van der Waals surface area contributed by atoms with Crippen molar-refractivity contribution in [2.24, 2.45) is 5.92 Å². The summed E-state index contributed by atoms with van der Waals surface area (Å²) >= 11 is 1.28. The first-order valence-electron chi connectivity index (χ1n) is 8.21. The average molecular weight is 362 g/mol. The summed E-state index contributed by atoms with van der Waals surface area (Å²) in [6.45, 7) is 1.78. The van der Waals surface area contributed by atoms with E-state index in [0.717, 1.165) is 5.56 Å². The maximum atomic E-state index is 13.0. The van der Waals surface area contributed by atoms with Crippen molar-refractivity contribution in [2.75, 3.05) is 0 Å². The Labute approximate surface area is 148 Å². The lowest BCUT2D eigenvalue weighted by Crippen LogP contribution is -2.38. The Balaban J connectivity index is 1.67. The van der Waals surface area contributed by atoms with Crippen LogP contribution in [-0.2, 0) is 4.79 Å². The minimum absolute atomic E-state index is 0.00105. The maximum Gasteiger partial charge on any atom is 0.306 e. The highest BCUT2D eigenvalue weighted by atomic mass is 32.1. The molecule has 1 aliphatic carbocycles. The third kappa shape index (κ3) is 4.04. The lowest BCUT2D eigenvalue weighted by atomic mass is 9.86. The van der Waals surface area contributed by atoms with Gasteiger partial charge in [0.05, 0.1) is 11.6 Å². The van der Waals surface area contributed by atoms with Crippen LogP contribution in [0, 0.1) is 18.7 Å². The van der Waals surface area contributed by atoms with E-state index in [9.17, 15) is 14.0 Å². The van der Waals surface area contributed by atoms with E-state index in [4.69, 9.17) is 5.11 Å². The van der Waals surface area contributed by atoms with Gasteiger partial charge in [-0.15, -0.1) is 11.3 Å². The normalized spacial score (nSPS) is 20.2. The van der Waals surface area contributed by atoms with Gasteiger partial charge >= 0.3 is 5.97 Å². The zero-order valence-corrected chi connectivity index (χ0v) is 14.6. The average Bonchev–Trinajstić information content (AvgIpc) is 2.98. The van der Waals surface area contributed by atoms with Gasteiger partial charge in [0.2, 0.25) is 0 Å². The molecule has 3 rings (SSSR count). The lowest BCUT2D eigenvalue weighted by Gasteiger charge is -2.26. The molecular formula is C18H19FN2O3S. The van der Waals surface area contributed by atoms with Crippen molar-refractivity contribution >= 4 is 23.2 Å². The third-order valence-corrected chi connectivity index (χ3v) is 5.71. The van der Waals surface area contributed by atoms with Crippen LogP contribution in [0.25, 0.3) is 10.6 Å². The van der Waals surface area contributed by atoms with E-state index >= 15 is 0 Å². The minimum Gasteiger partial charge on any atom is -0.481 e. The molecule has 0 atom stereocenters. The summed E-state index contributed by atoms with van der Waals surface area (Å²) in [5, 5.41) is 12.7. The predicted molar refractivity (Wildman–Crippen MR) is 93.1 cm³/mol. The summed E-state index contributed by atoms with van der Waals surface area (Å²) in [5.74, 6) is -1.55. The van der Waals surface area contributed by atoms with E-state index in [0.29, 0.717) is 41.3 Å². The van der Waals surface area contributed by atoms with Gasteiger partial charge < -0.3 is 10.4 Å². The number of nitrogens with one attached hydrogen (secondary N) is 1. The first kappa shape index (κ1) is 17.5. The van der Waals surface area contributed by atoms with Crippen molar-refractivity contribution in [1.29, 1.82) is 0 Å². The molecule has 5 nitrogen and oxygen atoms in total. The van der Waals surface area contributed by atoms with Gasteiger partial charge in [0, 0.05) is 11.6 Å². The number of thiazole rings is 1. The molecule has 1 aliphatic rings. The van der Waals surface area contributed by atoms with E-state index in [1.54, 1.807) is 19.1 Å². The van der Waals surface area contributed by atoms with E-state index in [2.05, 4.69) is 10.3 Å². The molecule has 2 N–H and O–H groups in total. The molecule has 0 bridgehead atoms. The number of aliphatic carboxylic acids is 1. The number of aryl methyl sites for hydroxylation is 1. The number of amides is 1.